The quantitative estimate of drug-likeness (QED) is 0.793. The van der Waals surface area contributed by atoms with Gasteiger partial charge in [0.1, 0.15) is 0 Å². The van der Waals surface area contributed by atoms with Crippen LogP contribution in [0.25, 0.3) is 12.2 Å². The first-order valence-electron chi connectivity index (χ1n) is 5.78. The summed E-state index contributed by atoms with van der Waals surface area (Å²) in [4.78, 5) is 11.5. The van der Waals surface area contributed by atoms with E-state index >= 15 is 0 Å². The maximum Gasteiger partial charge on any atom is 0.323 e. The van der Waals surface area contributed by atoms with Crippen LogP contribution in [-0.4, -0.2) is 14.3 Å². The average molecular weight is 340 g/mol. The number of rotatable bonds is 6. The van der Waals surface area contributed by atoms with E-state index in [0.717, 1.165) is 11.1 Å². The second-order valence-electron chi connectivity index (χ2n) is 3.87. The Morgan fingerprint density at radius 1 is 1.05 bits per heavy atom. The SMILES string of the molecule is O=C(C=Cc1ccsc1)NS(=O)(=O)NC=Cc1ccsc1. The van der Waals surface area contributed by atoms with Crippen molar-refractivity contribution in [1.29, 1.82) is 0 Å². The van der Waals surface area contributed by atoms with Gasteiger partial charge in [0.05, 0.1) is 0 Å². The molecule has 0 spiro atoms. The summed E-state index contributed by atoms with van der Waals surface area (Å²) in [6.07, 6.45) is 5.58. The van der Waals surface area contributed by atoms with E-state index in [2.05, 4.69) is 4.72 Å². The van der Waals surface area contributed by atoms with Crippen LogP contribution in [0.5, 0.6) is 0 Å². The molecule has 0 bridgehead atoms. The molecular formula is C13H12N2O3S3. The summed E-state index contributed by atoms with van der Waals surface area (Å²) in [6, 6.07) is 3.67. The molecule has 2 heterocycles. The average Bonchev–Trinajstić information content (AvgIpc) is 3.08. The molecule has 2 N–H and O–H groups in total. The molecule has 0 radical (unpaired) electrons. The van der Waals surface area contributed by atoms with Crippen LogP contribution in [0.15, 0.2) is 45.9 Å². The Morgan fingerprint density at radius 2 is 1.67 bits per heavy atom. The van der Waals surface area contributed by atoms with Crippen molar-refractivity contribution >= 4 is 50.9 Å². The van der Waals surface area contributed by atoms with Crippen molar-refractivity contribution in [2.75, 3.05) is 0 Å². The molecule has 0 saturated heterocycles. The van der Waals surface area contributed by atoms with E-state index in [0.29, 0.717) is 0 Å². The van der Waals surface area contributed by atoms with E-state index in [4.69, 9.17) is 0 Å². The topological polar surface area (TPSA) is 75.3 Å². The molecule has 0 aliphatic heterocycles. The van der Waals surface area contributed by atoms with Crippen LogP contribution in [-0.2, 0) is 15.0 Å². The van der Waals surface area contributed by atoms with Gasteiger partial charge in [-0.25, -0.2) is 4.72 Å². The predicted octanol–water partition coefficient (Wildman–Crippen LogP) is 2.44. The highest BCUT2D eigenvalue weighted by molar-refractivity contribution is 7.88. The highest BCUT2D eigenvalue weighted by atomic mass is 32.2. The van der Waals surface area contributed by atoms with Crippen molar-refractivity contribution < 1.29 is 13.2 Å². The van der Waals surface area contributed by atoms with Crippen LogP contribution in [0.3, 0.4) is 0 Å². The van der Waals surface area contributed by atoms with Gasteiger partial charge < -0.3 is 0 Å². The van der Waals surface area contributed by atoms with Crippen molar-refractivity contribution in [3.63, 3.8) is 0 Å². The predicted molar refractivity (Wildman–Crippen MR) is 86.9 cm³/mol. The number of nitrogens with one attached hydrogen (secondary N) is 2. The molecule has 0 aromatic carbocycles. The molecule has 5 nitrogen and oxygen atoms in total. The first kappa shape index (κ1) is 15.5. The summed E-state index contributed by atoms with van der Waals surface area (Å²) < 4.78 is 27.3. The number of thiophene rings is 2. The number of amides is 1. The van der Waals surface area contributed by atoms with Gasteiger partial charge in [0.15, 0.2) is 0 Å². The fraction of sp³-hybridized carbons (Fsp3) is 0. The van der Waals surface area contributed by atoms with Gasteiger partial charge >= 0.3 is 10.2 Å². The Morgan fingerprint density at radius 3 is 2.24 bits per heavy atom. The summed E-state index contributed by atoms with van der Waals surface area (Å²) in [7, 11) is -3.91. The van der Waals surface area contributed by atoms with Crippen LogP contribution in [0, 0.1) is 0 Å². The van der Waals surface area contributed by atoms with Crippen molar-refractivity contribution in [2.24, 2.45) is 0 Å². The van der Waals surface area contributed by atoms with Gasteiger partial charge in [-0.3, -0.25) is 9.52 Å². The number of hydrogen-bond acceptors (Lipinski definition) is 5. The van der Waals surface area contributed by atoms with E-state index in [9.17, 15) is 13.2 Å². The van der Waals surface area contributed by atoms with E-state index in [1.54, 1.807) is 12.2 Å². The molecule has 2 aromatic heterocycles. The third kappa shape index (κ3) is 5.54. The largest absolute Gasteiger partial charge is 0.323 e. The fourth-order valence-corrected chi connectivity index (χ4v) is 3.22. The second-order valence-corrected chi connectivity index (χ2v) is 6.87. The van der Waals surface area contributed by atoms with Gasteiger partial charge in [0, 0.05) is 12.3 Å². The Bertz CT molecular complexity index is 730. The summed E-state index contributed by atoms with van der Waals surface area (Å²) in [6.45, 7) is 0. The molecule has 0 aliphatic rings. The third-order valence-electron chi connectivity index (χ3n) is 2.25. The Hall–Kier alpha value is -1.90. The minimum absolute atomic E-state index is 0.711. The van der Waals surface area contributed by atoms with Crippen LogP contribution in [0.4, 0.5) is 0 Å². The smallest absolute Gasteiger partial charge is 0.273 e. The number of hydrogen-bond donors (Lipinski definition) is 2. The summed E-state index contributed by atoms with van der Waals surface area (Å²) in [5.41, 5.74) is 1.73. The van der Waals surface area contributed by atoms with E-state index in [1.165, 1.54) is 34.9 Å². The van der Waals surface area contributed by atoms with Crippen molar-refractivity contribution in [1.82, 2.24) is 9.44 Å². The van der Waals surface area contributed by atoms with Crippen LogP contribution < -0.4 is 9.44 Å². The molecule has 0 unspecified atom stereocenters. The van der Waals surface area contributed by atoms with Gasteiger partial charge in [0.25, 0.3) is 5.91 Å². The van der Waals surface area contributed by atoms with E-state index < -0.39 is 16.1 Å². The Kier molecular flexibility index (Phi) is 5.32. The summed E-state index contributed by atoms with van der Waals surface area (Å²) in [5.74, 6) is -0.711. The van der Waals surface area contributed by atoms with Gasteiger partial charge in [-0.1, -0.05) is 0 Å². The lowest BCUT2D eigenvalue weighted by Gasteiger charge is -2.03. The molecule has 2 rings (SSSR count). The molecule has 21 heavy (non-hydrogen) atoms. The van der Waals surface area contributed by atoms with Crippen LogP contribution >= 0.6 is 22.7 Å². The highest BCUT2D eigenvalue weighted by Crippen LogP contribution is 2.08. The zero-order valence-corrected chi connectivity index (χ0v) is 13.2. The lowest BCUT2D eigenvalue weighted by Crippen LogP contribution is -2.36. The Balaban J connectivity index is 1.87. The van der Waals surface area contributed by atoms with Crippen molar-refractivity contribution in [3.8, 4) is 0 Å². The van der Waals surface area contributed by atoms with Crippen LogP contribution in [0.2, 0.25) is 0 Å². The normalized spacial score (nSPS) is 12.0. The zero-order chi connectivity index (χ0) is 15.1. The molecule has 0 aliphatic carbocycles. The maximum atomic E-state index is 11.6. The number of carbonyl (C=O) groups is 1. The van der Waals surface area contributed by atoms with Gasteiger partial charge in [-0.15, -0.1) is 0 Å². The molecular weight excluding hydrogens is 328 g/mol. The van der Waals surface area contributed by atoms with Crippen LogP contribution in [0.1, 0.15) is 11.1 Å². The highest BCUT2D eigenvalue weighted by Gasteiger charge is 2.09. The lowest BCUT2D eigenvalue weighted by atomic mass is 10.3. The molecule has 0 saturated carbocycles. The molecule has 0 atom stereocenters. The molecule has 8 heteroatoms. The first-order chi connectivity index (χ1) is 10.1. The first-order valence-corrected chi connectivity index (χ1v) is 9.15. The van der Waals surface area contributed by atoms with E-state index in [-0.39, 0.29) is 0 Å². The van der Waals surface area contributed by atoms with Gasteiger partial charge in [-0.05, 0) is 56.9 Å². The number of carbonyl (C=O) groups excluding carboxylic acids is 1. The summed E-state index contributed by atoms with van der Waals surface area (Å²) in [5, 5.41) is 7.46. The second kappa shape index (κ2) is 7.21. The van der Waals surface area contributed by atoms with E-state index in [1.807, 2.05) is 38.4 Å². The standard InChI is InChI=1S/C13H12N2O3S3/c16-13(2-1-11-4-7-19-9-11)15-21(17,18)14-6-3-12-5-8-20-10-12/h1-10,14H,(H,15,16). The minimum Gasteiger partial charge on any atom is -0.273 e. The van der Waals surface area contributed by atoms with Crippen molar-refractivity contribution in [2.45, 2.75) is 0 Å². The molecule has 1 amide bonds. The lowest BCUT2D eigenvalue weighted by molar-refractivity contribution is -0.114. The molecule has 0 fully saturated rings. The fourth-order valence-electron chi connectivity index (χ4n) is 1.33. The maximum absolute atomic E-state index is 11.6. The molecule has 110 valence electrons. The third-order valence-corrected chi connectivity index (χ3v) is 4.57. The monoisotopic (exact) mass is 340 g/mol. The van der Waals surface area contributed by atoms with Gasteiger partial charge in [-0.2, -0.15) is 31.1 Å². The zero-order valence-electron chi connectivity index (χ0n) is 10.7. The van der Waals surface area contributed by atoms with Gasteiger partial charge in [0.2, 0.25) is 0 Å². The Labute approximate surface area is 130 Å². The summed E-state index contributed by atoms with van der Waals surface area (Å²) >= 11 is 3.00. The van der Waals surface area contributed by atoms with Crippen molar-refractivity contribution in [3.05, 3.63) is 57.1 Å². The minimum atomic E-state index is -3.91. The molecule has 2 aromatic rings.